The Morgan fingerprint density at radius 3 is 2.64 bits per heavy atom. The van der Waals surface area contributed by atoms with Gasteiger partial charge in [-0.2, -0.15) is 0 Å². The molecule has 1 aromatic heterocycles. The number of hydrogen-bond acceptors (Lipinski definition) is 5. The molecule has 4 rings (SSSR count). The molecule has 2 fully saturated rings. The van der Waals surface area contributed by atoms with Crippen molar-refractivity contribution in [2.75, 3.05) is 24.6 Å². The Kier molecular flexibility index (Phi) is 5.50. The molecule has 2 aliphatic rings. The Balaban J connectivity index is 1.30. The minimum Gasteiger partial charge on any atom is -0.352 e. The number of nitrogens with zero attached hydrogens (tertiary/aromatic N) is 3. The van der Waals surface area contributed by atoms with E-state index in [0.717, 1.165) is 43.6 Å². The van der Waals surface area contributed by atoms with Crippen LogP contribution in [0.5, 0.6) is 0 Å². The van der Waals surface area contributed by atoms with Crippen molar-refractivity contribution in [2.24, 2.45) is 5.92 Å². The second-order valence-electron chi connectivity index (χ2n) is 7.68. The molecular weight excluding hydrogens is 376 g/mol. The summed E-state index contributed by atoms with van der Waals surface area (Å²) in [5.41, 5.74) is 2.06. The van der Waals surface area contributed by atoms with Crippen LogP contribution in [0.3, 0.4) is 0 Å². The van der Waals surface area contributed by atoms with Gasteiger partial charge in [0, 0.05) is 30.9 Å². The number of aromatic nitrogens is 2. The van der Waals surface area contributed by atoms with Crippen molar-refractivity contribution >= 4 is 15.7 Å². The van der Waals surface area contributed by atoms with Crippen molar-refractivity contribution in [3.05, 3.63) is 48.5 Å². The molecular formula is C20H26N4O3S. The lowest BCUT2D eigenvalue weighted by atomic mass is 9.94. The summed E-state index contributed by atoms with van der Waals surface area (Å²) in [4.78, 5) is 19.0. The largest absolute Gasteiger partial charge is 0.352 e. The van der Waals surface area contributed by atoms with Crippen LogP contribution in [0, 0.1) is 5.92 Å². The topological polar surface area (TPSA) is 84.3 Å². The third-order valence-corrected chi connectivity index (χ3v) is 7.60. The normalized spacial score (nSPS) is 22.9. The van der Waals surface area contributed by atoms with E-state index in [1.807, 2.05) is 35.0 Å². The maximum absolute atomic E-state index is 12.7. The second-order valence-corrected chi connectivity index (χ2v) is 9.91. The van der Waals surface area contributed by atoms with Gasteiger partial charge in [-0.15, -0.1) is 0 Å². The minimum atomic E-state index is -2.86. The average Bonchev–Trinajstić information content (AvgIpc) is 3.36. The number of hydrogen-bond donors (Lipinski definition) is 1. The molecule has 1 amide bonds. The van der Waals surface area contributed by atoms with Gasteiger partial charge < -0.3 is 9.88 Å². The van der Waals surface area contributed by atoms with Gasteiger partial charge in [0.2, 0.25) is 5.91 Å². The molecule has 0 saturated carbocycles. The maximum Gasteiger partial charge on any atom is 0.223 e. The third-order valence-electron chi connectivity index (χ3n) is 5.85. The fourth-order valence-corrected chi connectivity index (χ4v) is 5.99. The number of carbonyl (C=O) groups is 1. The highest BCUT2D eigenvalue weighted by molar-refractivity contribution is 7.91. The molecule has 0 spiro atoms. The number of nitrogens with one attached hydrogen (secondary N) is 1. The van der Waals surface area contributed by atoms with Gasteiger partial charge in [0.05, 0.1) is 23.5 Å². The highest BCUT2D eigenvalue weighted by atomic mass is 32.2. The molecule has 8 heteroatoms. The van der Waals surface area contributed by atoms with E-state index in [4.69, 9.17) is 0 Å². The van der Waals surface area contributed by atoms with Crippen molar-refractivity contribution in [1.29, 1.82) is 0 Å². The Morgan fingerprint density at radius 2 is 1.96 bits per heavy atom. The van der Waals surface area contributed by atoms with Crippen LogP contribution in [0.4, 0.5) is 0 Å². The van der Waals surface area contributed by atoms with Crippen molar-refractivity contribution < 1.29 is 13.2 Å². The quantitative estimate of drug-likeness (QED) is 0.817. The number of likely N-dealkylation sites (tertiary alicyclic amines) is 1. The molecule has 0 bridgehead atoms. The first-order valence-electron chi connectivity index (χ1n) is 9.80. The first kappa shape index (κ1) is 19.1. The van der Waals surface area contributed by atoms with Gasteiger partial charge in [-0.3, -0.25) is 9.69 Å². The molecule has 0 aliphatic carbocycles. The first-order valence-corrected chi connectivity index (χ1v) is 11.6. The number of sulfone groups is 1. The van der Waals surface area contributed by atoms with Crippen LogP contribution in [0.2, 0.25) is 0 Å². The SMILES string of the molecule is O=C(NCc1ccccc1-n1ccnc1)C1CCN([C@H]2CCS(=O)(=O)C2)CC1. The van der Waals surface area contributed by atoms with E-state index in [1.54, 1.807) is 12.5 Å². The molecule has 2 aliphatic heterocycles. The summed E-state index contributed by atoms with van der Waals surface area (Å²) in [6.07, 6.45) is 7.67. The van der Waals surface area contributed by atoms with Crippen LogP contribution in [0.15, 0.2) is 43.0 Å². The van der Waals surface area contributed by atoms with E-state index in [9.17, 15) is 13.2 Å². The van der Waals surface area contributed by atoms with Crippen LogP contribution < -0.4 is 5.32 Å². The predicted octanol–water partition coefficient (Wildman–Crippen LogP) is 1.39. The zero-order valence-corrected chi connectivity index (χ0v) is 16.6. The molecule has 1 atom stereocenters. The summed E-state index contributed by atoms with van der Waals surface area (Å²) in [6, 6.07) is 8.10. The number of rotatable bonds is 5. The van der Waals surface area contributed by atoms with Crippen molar-refractivity contribution in [1.82, 2.24) is 19.8 Å². The summed E-state index contributed by atoms with van der Waals surface area (Å²) in [7, 11) is -2.86. The molecule has 150 valence electrons. The van der Waals surface area contributed by atoms with Crippen LogP contribution in [0.1, 0.15) is 24.8 Å². The molecule has 1 aromatic carbocycles. The number of amides is 1. The molecule has 28 heavy (non-hydrogen) atoms. The fourth-order valence-electron chi connectivity index (χ4n) is 4.23. The minimum absolute atomic E-state index is 0.00494. The second kappa shape index (κ2) is 8.05. The van der Waals surface area contributed by atoms with Crippen molar-refractivity contribution in [2.45, 2.75) is 31.8 Å². The highest BCUT2D eigenvalue weighted by Gasteiger charge is 2.35. The maximum atomic E-state index is 12.7. The monoisotopic (exact) mass is 402 g/mol. The van der Waals surface area contributed by atoms with E-state index in [2.05, 4.69) is 15.2 Å². The zero-order valence-electron chi connectivity index (χ0n) is 15.8. The van der Waals surface area contributed by atoms with Crippen LogP contribution in [0.25, 0.3) is 5.69 Å². The van der Waals surface area contributed by atoms with Gasteiger partial charge in [0.25, 0.3) is 0 Å². The molecule has 1 N–H and O–H groups in total. The lowest BCUT2D eigenvalue weighted by Gasteiger charge is -2.34. The van der Waals surface area contributed by atoms with E-state index in [0.29, 0.717) is 12.3 Å². The molecule has 7 nitrogen and oxygen atoms in total. The highest BCUT2D eigenvalue weighted by Crippen LogP contribution is 2.25. The predicted molar refractivity (Wildman–Crippen MR) is 107 cm³/mol. The first-order chi connectivity index (χ1) is 13.5. The van der Waals surface area contributed by atoms with Gasteiger partial charge >= 0.3 is 0 Å². The fraction of sp³-hybridized carbons (Fsp3) is 0.500. The van der Waals surface area contributed by atoms with Crippen LogP contribution >= 0.6 is 0 Å². The summed E-state index contributed by atoms with van der Waals surface area (Å²) >= 11 is 0. The molecule has 2 saturated heterocycles. The van der Waals surface area contributed by atoms with E-state index < -0.39 is 9.84 Å². The number of benzene rings is 1. The molecule has 0 radical (unpaired) electrons. The van der Waals surface area contributed by atoms with Crippen molar-refractivity contribution in [3.8, 4) is 5.69 Å². The number of para-hydroxylation sites is 1. The Hall–Kier alpha value is -2.19. The lowest BCUT2D eigenvalue weighted by molar-refractivity contribution is -0.126. The molecule has 3 heterocycles. The van der Waals surface area contributed by atoms with Crippen LogP contribution in [-0.2, 0) is 21.2 Å². The molecule has 0 unspecified atom stereocenters. The Morgan fingerprint density at radius 1 is 1.18 bits per heavy atom. The Bertz CT molecular complexity index is 919. The van der Waals surface area contributed by atoms with Gasteiger partial charge in [0.15, 0.2) is 9.84 Å². The van der Waals surface area contributed by atoms with Gasteiger partial charge in [-0.25, -0.2) is 13.4 Å². The van der Waals surface area contributed by atoms with E-state index in [1.165, 1.54) is 0 Å². The standard InChI is InChI=1S/C20H26N4O3S/c25-20(16-5-9-23(10-6-16)18-7-12-28(26,27)14-18)22-13-17-3-1-2-4-19(17)24-11-8-21-15-24/h1-4,8,11,15-16,18H,5-7,9-10,12-14H2,(H,22,25)/t18-/m0/s1. The summed E-state index contributed by atoms with van der Waals surface area (Å²) in [6.45, 7) is 2.07. The average molecular weight is 403 g/mol. The van der Waals surface area contributed by atoms with Crippen LogP contribution in [-0.4, -0.2) is 59.4 Å². The summed E-state index contributed by atoms with van der Waals surface area (Å²) in [5, 5.41) is 3.08. The third kappa shape index (κ3) is 4.28. The van der Waals surface area contributed by atoms with E-state index >= 15 is 0 Å². The van der Waals surface area contributed by atoms with E-state index in [-0.39, 0.29) is 23.6 Å². The Labute approximate surface area is 165 Å². The summed E-state index contributed by atoms with van der Waals surface area (Å²) in [5.74, 6) is 0.650. The van der Waals surface area contributed by atoms with Crippen molar-refractivity contribution in [3.63, 3.8) is 0 Å². The van der Waals surface area contributed by atoms with Gasteiger partial charge in [-0.05, 0) is 44.0 Å². The zero-order chi connectivity index (χ0) is 19.6. The smallest absolute Gasteiger partial charge is 0.223 e. The van der Waals surface area contributed by atoms with Gasteiger partial charge in [-0.1, -0.05) is 18.2 Å². The molecule has 2 aromatic rings. The lowest BCUT2D eigenvalue weighted by Crippen LogP contribution is -2.45. The van der Waals surface area contributed by atoms with Gasteiger partial charge in [0.1, 0.15) is 0 Å². The number of imidazole rings is 1. The summed E-state index contributed by atoms with van der Waals surface area (Å²) < 4.78 is 25.3. The number of piperidine rings is 1. The number of carbonyl (C=O) groups excluding carboxylic acids is 1.